The van der Waals surface area contributed by atoms with Crippen molar-refractivity contribution < 1.29 is 4.79 Å². The van der Waals surface area contributed by atoms with Gasteiger partial charge in [0.15, 0.2) is 0 Å². The summed E-state index contributed by atoms with van der Waals surface area (Å²) in [6.07, 6.45) is 0. The number of rotatable bonds is 2. The molecule has 0 bridgehead atoms. The lowest BCUT2D eigenvalue weighted by Gasteiger charge is -2.19. The summed E-state index contributed by atoms with van der Waals surface area (Å²) in [4.78, 5) is 14.3. The second-order valence-electron chi connectivity index (χ2n) is 4.83. The summed E-state index contributed by atoms with van der Waals surface area (Å²) >= 11 is 5.66. The van der Waals surface area contributed by atoms with Gasteiger partial charge in [0.2, 0.25) is 0 Å². The first-order valence-corrected chi connectivity index (χ1v) is 8.07. The van der Waals surface area contributed by atoms with E-state index in [0.717, 1.165) is 24.9 Å². The second-order valence-corrected chi connectivity index (χ2v) is 6.93. The van der Waals surface area contributed by atoms with E-state index in [-0.39, 0.29) is 5.91 Å². The molecule has 2 nitrogen and oxygen atoms in total. The molecule has 0 spiro atoms. The molecule has 20 heavy (non-hydrogen) atoms. The Morgan fingerprint density at radius 2 is 1.70 bits per heavy atom. The molecule has 0 radical (unpaired) electrons. The maximum Gasteiger partial charge on any atom is 0.259 e. The van der Waals surface area contributed by atoms with Gasteiger partial charge in [-0.15, -0.1) is 0 Å². The summed E-state index contributed by atoms with van der Waals surface area (Å²) in [5.74, 6) is -0.0135. The molecule has 0 atom stereocenters. The molecule has 0 heterocycles. The van der Waals surface area contributed by atoms with E-state index in [4.69, 9.17) is 0 Å². The van der Waals surface area contributed by atoms with Gasteiger partial charge in [-0.05, 0) is 93.8 Å². The van der Waals surface area contributed by atoms with E-state index < -0.39 is 0 Å². The molecule has 1 amide bonds. The number of amides is 1. The molecule has 0 aliphatic heterocycles. The van der Waals surface area contributed by atoms with Crippen LogP contribution in [0.4, 0.5) is 5.69 Å². The largest absolute Gasteiger partial charge is 0.311 e. The minimum Gasteiger partial charge on any atom is -0.311 e. The first-order valence-electron chi connectivity index (χ1n) is 6.20. The van der Waals surface area contributed by atoms with Gasteiger partial charge in [0.05, 0.1) is 5.56 Å². The third-order valence-electron chi connectivity index (χ3n) is 3.06. The van der Waals surface area contributed by atoms with E-state index in [0.29, 0.717) is 5.56 Å². The molecule has 104 valence electrons. The molecule has 0 saturated heterocycles. The summed E-state index contributed by atoms with van der Waals surface area (Å²) in [6.45, 7) is 4.08. The molecular formula is C16H15BrINO. The van der Waals surface area contributed by atoms with Crippen LogP contribution >= 0.6 is 38.5 Å². The topological polar surface area (TPSA) is 20.3 Å². The zero-order valence-electron chi connectivity index (χ0n) is 11.6. The number of carbonyl (C=O) groups excluding carboxylic acids is 1. The fraction of sp³-hybridized carbons (Fsp3) is 0.188. The number of carbonyl (C=O) groups is 1. The predicted molar refractivity (Wildman–Crippen MR) is 95.5 cm³/mol. The number of benzene rings is 2. The van der Waals surface area contributed by atoms with E-state index in [1.165, 1.54) is 0 Å². The van der Waals surface area contributed by atoms with Gasteiger partial charge in [-0.25, -0.2) is 0 Å². The molecule has 0 saturated carbocycles. The van der Waals surface area contributed by atoms with E-state index in [2.05, 4.69) is 44.6 Å². The zero-order valence-corrected chi connectivity index (χ0v) is 15.3. The minimum absolute atomic E-state index is 0.0135. The quantitative estimate of drug-likeness (QED) is 0.601. The normalized spacial score (nSPS) is 10.4. The van der Waals surface area contributed by atoms with Crippen LogP contribution in [0.15, 0.2) is 40.9 Å². The Kier molecular flexibility index (Phi) is 4.86. The molecule has 2 rings (SSSR count). The van der Waals surface area contributed by atoms with Gasteiger partial charge < -0.3 is 4.90 Å². The monoisotopic (exact) mass is 443 g/mol. The van der Waals surface area contributed by atoms with Crippen LogP contribution in [-0.2, 0) is 0 Å². The molecule has 0 unspecified atom stereocenters. The zero-order chi connectivity index (χ0) is 14.9. The molecular weight excluding hydrogens is 429 g/mol. The van der Waals surface area contributed by atoms with Crippen LogP contribution in [0.2, 0.25) is 0 Å². The van der Waals surface area contributed by atoms with E-state index in [9.17, 15) is 4.79 Å². The highest BCUT2D eigenvalue weighted by atomic mass is 127. The number of hydrogen-bond donors (Lipinski definition) is 0. The number of aryl methyl sites for hydroxylation is 2. The Labute approximate surface area is 141 Å². The molecule has 0 fully saturated rings. The average Bonchev–Trinajstić information content (AvgIpc) is 2.38. The summed E-state index contributed by atoms with van der Waals surface area (Å²) in [7, 11) is 1.81. The average molecular weight is 444 g/mol. The highest BCUT2D eigenvalue weighted by Crippen LogP contribution is 2.24. The predicted octanol–water partition coefficient (Wildman–Crippen LogP) is 4.95. The number of nitrogens with zero attached hydrogens (tertiary/aromatic N) is 1. The van der Waals surface area contributed by atoms with Crippen LogP contribution in [0.25, 0.3) is 0 Å². The Bertz CT molecular complexity index is 649. The van der Waals surface area contributed by atoms with Crippen LogP contribution in [0.5, 0.6) is 0 Å². The van der Waals surface area contributed by atoms with Crippen molar-refractivity contribution in [1.29, 1.82) is 0 Å². The van der Waals surface area contributed by atoms with Crippen molar-refractivity contribution >= 4 is 50.1 Å². The SMILES string of the molecule is Cc1cc(C)cc(N(C)C(=O)c2cc(I)ccc2Br)c1. The fourth-order valence-electron chi connectivity index (χ4n) is 2.10. The first-order chi connectivity index (χ1) is 9.38. The summed E-state index contributed by atoms with van der Waals surface area (Å²) in [5.41, 5.74) is 3.90. The third-order valence-corrected chi connectivity index (χ3v) is 4.42. The number of anilines is 1. The smallest absolute Gasteiger partial charge is 0.259 e. The van der Waals surface area contributed by atoms with E-state index in [1.54, 1.807) is 4.90 Å². The van der Waals surface area contributed by atoms with Gasteiger partial charge in [-0.2, -0.15) is 0 Å². The van der Waals surface area contributed by atoms with Gasteiger partial charge in [0.25, 0.3) is 5.91 Å². The lowest BCUT2D eigenvalue weighted by atomic mass is 10.1. The lowest BCUT2D eigenvalue weighted by Crippen LogP contribution is -2.26. The van der Waals surface area contributed by atoms with Crippen molar-refractivity contribution in [2.75, 3.05) is 11.9 Å². The molecule has 0 aromatic heterocycles. The minimum atomic E-state index is -0.0135. The Hall–Kier alpha value is -0.880. The number of halogens is 2. The van der Waals surface area contributed by atoms with Crippen LogP contribution in [0.3, 0.4) is 0 Å². The lowest BCUT2D eigenvalue weighted by molar-refractivity contribution is 0.0992. The maximum absolute atomic E-state index is 12.6. The Morgan fingerprint density at radius 1 is 1.10 bits per heavy atom. The summed E-state index contributed by atoms with van der Waals surface area (Å²) in [6, 6.07) is 11.9. The molecule has 0 aliphatic carbocycles. The standard InChI is InChI=1S/C16H15BrINO/c1-10-6-11(2)8-13(7-10)19(3)16(20)14-9-12(18)4-5-15(14)17/h4-9H,1-3H3. The van der Waals surface area contributed by atoms with Crippen molar-refractivity contribution in [3.05, 3.63) is 61.1 Å². The molecule has 4 heteroatoms. The fourth-order valence-corrected chi connectivity index (χ4v) is 3.01. The highest BCUT2D eigenvalue weighted by molar-refractivity contribution is 14.1. The van der Waals surface area contributed by atoms with Crippen molar-refractivity contribution in [2.24, 2.45) is 0 Å². The van der Waals surface area contributed by atoms with Crippen molar-refractivity contribution in [1.82, 2.24) is 0 Å². The summed E-state index contributed by atoms with van der Waals surface area (Å²) in [5, 5.41) is 0. The van der Waals surface area contributed by atoms with E-state index in [1.807, 2.05) is 51.2 Å². The van der Waals surface area contributed by atoms with Crippen molar-refractivity contribution in [2.45, 2.75) is 13.8 Å². The van der Waals surface area contributed by atoms with Gasteiger partial charge >= 0.3 is 0 Å². The highest BCUT2D eigenvalue weighted by Gasteiger charge is 2.17. The van der Waals surface area contributed by atoms with Crippen molar-refractivity contribution in [3.8, 4) is 0 Å². The van der Waals surface area contributed by atoms with Crippen LogP contribution < -0.4 is 4.90 Å². The van der Waals surface area contributed by atoms with E-state index >= 15 is 0 Å². The Balaban J connectivity index is 2.39. The van der Waals surface area contributed by atoms with Crippen molar-refractivity contribution in [3.63, 3.8) is 0 Å². The van der Waals surface area contributed by atoms with Crippen LogP contribution in [0, 0.1) is 17.4 Å². The van der Waals surface area contributed by atoms with Gasteiger partial charge in [-0.1, -0.05) is 6.07 Å². The third kappa shape index (κ3) is 3.41. The maximum atomic E-state index is 12.6. The van der Waals surface area contributed by atoms with Gasteiger partial charge in [-0.3, -0.25) is 4.79 Å². The molecule has 2 aromatic carbocycles. The molecule has 2 aromatic rings. The first kappa shape index (κ1) is 15.5. The van der Waals surface area contributed by atoms with Crippen LogP contribution in [-0.4, -0.2) is 13.0 Å². The summed E-state index contributed by atoms with van der Waals surface area (Å²) < 4.78 is 1.86. The van der Waals surface area contributed by atoms with Gasteiger partial charge in [0.1, 0.15) is 0 Å². The second kappa shape index (κ2) is 6.26. The van der Waals surface area contributed by atoms with Crippen LogP contribution in [0.1, 0.15) is 21.5 Å². The Morgan fingerprint density at radius 3 is 2.30 bits per heavy atom. The molecule has 0 aliphatic rings. The molecule has 0 N–H and O–H groups in total. The number of hydrogen-bond acceptors (Lipinski definition) is 1. The van der Waals surface area contributed by atoms with Gasteiger partial charge in [0, 0.05) is 20.8 Å².